The first kappa shape index (κ1) is 12.9. The first-order chi connectivity index (χ1) is 10.3. The molecule has 0 spiro atoms. The van der Waals surface area contributed by atoms with Crippen molar-refractivity contribution in [3.05, 3.63) is 54.0 Å². The normalized spacial score (nSPS) is 14.1. The molecule has 7 heteroatoms. The van der Waals surface area contributed by atoms with Gasteiger partial charge in [-0.3, -0.25) is 0 Å². The molecule has 1 aliphatic rings. The number of nitriles is 1. The van der Waals surface area contributed by atoms with Crippen molar-refractivity contribution < 1.29 is 4.39 Å². The van der Waals surface area contributed by atoms with E-state index < -0.39 is 5.82 Å². The van der Waals surface area contributed by atoms with E-state index in [2.05, 4.69) is 26.5 Å². The summed E-state index contributed by atoms with van der Waals surface area (Å²) in [6, 6.07) is 4.86. The maximum absolute atomic E-state index is 13.6. The smallest absolute Gasteiger partial charge is 0.226 e. The van der Waals surface area contributed by atoms with Gasteiger partial charge in [0.2, 0.25) is 5.82 Å². The third-order valence-electron chi connectivity index (χ3n) is 2.87. The van der Waals surface area contributed by atoms with Crippen LogP contribution < -0.4 is 0 Å². The molecule has 102 valence electrons. The van der Waals surface area contributed by atoms with E-state index in [1.807, 2.05) is 0 Å². The third-order valence-corrected chi connectivity index (χ3v) is 2.87. The van der Waals surface area contributed by atoms with Crippen molar-refractivity contribution in [2.24, 2.45) is 0 Å². The minimum Gasteiger partial charge on any atom is -0.250 e. The van der Waals surface area contributed by atoms with E-state index >= 15 is 0 Å². The molecule has 1 aliphatic carbocycles. The van der Waals surface area contributed by atoms with Gasteiger partial charge in [-0.25, -0.2) is 9.37 Å². The van der Waals surface area contributed by atoms with E-state index in [4.69, 9.17) is 5.26 Å². The fraction of sp³-hybridized carbons (Fsp3) is 0.0714. The van der Waals surface area contributed by atoms with Crippen LogP contribution in [0.3, 0.4) is 0 Å². The van der Waals surface area contributed by atoms with Crippen LogP contribution in [0.2, 0.25) is 0 Å². The molecular formula is C14H9FN6. The van der Waals surface area contributed by atoms with Crippen molar-refractivity contribution in [2.75, 3.05) is 0 Å². The highest BCUT2D eigenvalue weighted by atomic mass is 19.1. The van der Waals surface area contributed by atoms with Crippen molar-refractivity contribution in [2.45, 2.75) is 6.42 Å². The van der Waals surface area contributed by atoms with Crippen molar-refractivity contribution in [1.29, 1.82) is 5.26 Å². The molecule has 3 rings (SSSR count). The summed E-state index contributed by atoms with van der Waals surface area (Å²) in [5, 5.41) is 20.7. The summed E-state index contributed by atoms with van der Waals surface area (Å²) < 4.78 is 13.6. The summed E-state index contributed by atoms with van der Waals surface area (Å²) in [6.45, 7) is 0. The highest BCUT2D eigenvalue weighted by molar-refractivity contribution is 5.55. The van der Waals surface area contributed by atoms with E-state index in [0.717, 1.165) is 5.70 Å². The van der Waals surface area contributed by atoms with Gasteiger partial charge in [-0.05, 0) is 29.5 Å². The van der Waals surface area contributed by atoms with Gasteiger partial charge in [0.25, 0.3) is 0 Å². The molecule has 0 amide bonds. The van der Waals surface area contributed by atoms with Gasteiger partial charge in [0.1, 0.15) is 5.69 Å². The quantitative estimate of drug-likeness (QED) is 0.841. The van der Waals surface area contributed by atoms with Gasteiger partial charge in [-0.2, -0.15) is 5.26 Å². The molecule has 0 saturated heterocycles. The standard InChI is InChI=1S/C14H9FN6/c15-12-5-2-8-17-13(12)14-18-20-21(19-14)11-4-1-3-10(9-16)6-7-11/h1-6,8H,7H2. The fourth-order valence-electron chi connectivity index (χ4n) is 1.83. The molecule has 0 radical (unpaired) electrons. The number of tetrazole rings is 1. The molecule has 2 heterocycles. The minimum absolute atomic E-state index is 0.0572. The summed E-state index contributed by atoms with van der Waals surface area (Å²) in [5.41, 5.74) is 1.35. The Morgan fingerprint density at radius 1 is 1.38 bits per heavy atom. The molecule has 2 aromatic heterocycles. The van der Waals surface area contributed by atoms with Crippen LogP contribution >= 0.6 is 0 Å². The number of allylic oxidation sites excluding steroid dienone is 6. The SMILES string of the molecule is N#CC1=CCC(n2nnc(-c3ncccc3F)n2)=CC=C1. The van der Waals surface area contributed by atoms with Crippen molar-refractivity contribution in [1.82, 2.24) is 25.2 Å². The lowest BCUT2D eigenvalue weighted by Gasteiger charge is -1.99. The van der Waals surface area contributed by atoms with Gasteiger partial charge in [-0.1, -0.05) is 12.2 Å². The topological polar surface area (TPSA) is 80.3 Å². The van der Waals surface area contributed by atoms with Crippen LogP contribution in [0.1, 0.15) is 6.42 Å². The van der Waals surface area contributed by atoms with Crippen LogP contribution in [0, 0.1) is 17.1 Å². The second-order valence-corrected chi connectivity index (χ2v) is 4.23. The Bertz CT molecular complexity index is 809. The zero-order valence-electron chi connectivity index (χ0n) is 10.8. The Morgan fingerprint density at radius 3 is 3.10 bits per heavy atom. The van der Waals surface area contributed by atoms with Crippen LogP contribution in [0.5, 0.6) is 0 Å². The van der Waals surface area contributed by atoms with Crippen LogP contribution in [0.4, 0.5) is 4.39 Å². The summed E-state index contributed by atoms with van der Waals surface area (Å²) in [4.78, 5) is 5.22. The largest absolute Gasteiger partial charge is 0.250 e. The van der Waals surface area contributed by atoms with Gasteiger partial charge < -0.3 is 0 Å². The highest BCUT2D eigenvalue weighted by Gasteiger charge is 2.13. The Kier molecular flexibility index (Phi) is 3.35. The van der Waals surface area contributed by atoms with E-state index in [1.54, 1.807) is 24.3 Å². The molecule has 0 fully saturated rings. The predicted molar refractivity (Wildman–Crippen MR) is 72.7 cm³/mol. The first-order valence-corrected chi connectivity index (χ1v) is 6.17. The summed E-state index contributed by atoms with van der Waals surface area (Å²) in [6.07, 6.45) is 8.93. The average molecular weight is 280 g/mol. The maximum atomic E-state index is 13.6. The molecule has 0 atom stereocenters. The van der Waals surface area contributed by atoms with Crippen molar-refractivity contribution in [3.8, 4) is 17.6 Å². The molecule has 21 heavy (non-hydrogen) atoms. The monoisotopic (exact) mass is 280 g/mol. The molecule has 0 aliphatic heterocycles. The highest BCUT2D eigenvalue weighted by Crippen LogP contribution is 2.18. The van der Waals surface area contributed by atoms with Crippen LogP contribution in [0.25, 0.3) is 17.2 Å². The summed E-state index contributed by atoms with van der Waals surface area (Å²) >= 11 is 0. The molecule has 0 unspecified atom stereocenters. The predicted octanol–water partition coefficient (Wildman–Crippen LogP) is 2.12. The van der Waals surface area contributed by atoms with E-state index in [0.29, 0.717) is 12.0 Å². The van der Waals surface area contributed by atoms with Crippen molar-refractivity contribution >= 4 is 5.70 Å². The molecule has 0 saturated carbocycles. The summed E-state index contributed by atoms with van der Waals surface area (Å²) in [7, 11) is 0. The van der Waals surface area contributed by atoms with Gasteiger partial charge in [0, 0.05) is 18.2 Å². The zero-order chi connectivity index (χ0) is 14.7. The molecule has 0 aromatic carbocycles. The van der Waals surface area contributed by atoms with Gasteiger partial charge in [-0.15, -0.1) is 15.0 Å². The number of nitrogens with zero attached hydrogens (tertiary/aromatic N) is 6. The third kappa shape index (κ3) is 2.60. The summed E-state index contributed by atoms with van der Waals surface area (Å²) in [5.74, 6) is -0.384. The second kappa shape index (κ2) is 5.46. The molecule has 0 bridgehead atoms. The molecule has 2 aromatic rings. The second-order valence-electron chi connectivity index (χ2n) is 4.23. The van der Waals surface area contributed by atoms with Gasteiger partial charge in [0.15, 0.2) is 5.82 Å². The van der Waals surface area contributed by atoms with Crippen molar-refractivity contribution in [3.63, 3.8) is 0 Å². The number of rotatable bonds is 2. The lowest BCUT2D eigenvalue weighted by atomic mass is 10.2. The molecular weight excluding hydrogens is 271 g/mol. The molecule has 6 nitrogen and oxygen atoms in total. The Balaban J connectivity index is 1.92. The first-order valence-electron chi connectivity index (χ1n) is 6.17. The Morgan fingerprint density at radius 2 is 2.29 bits per heavy atom. The number of hydrogen-bond acceptors (Lipinski definition) is 5. The molecule has 0 N–H and O–H groups in total. The van der Waals surface area contributed by atoms with Crippen LogP contribution in [-0.2, 0) is 0 Å². The lowest BCUT2D eigenvalue weighted by Crippen LogP contribution is -2.01. The van der Waals surface area contributed by atoms with Gasteiger partial charge >= 0.3 is 0 Å². The number of aromatic nitrogens is 5. The van der Waals surface area contributed by atoms with Gasteiger partial charge in [0.05, 0.1) is 11.8 Å². The minimum atomic E-state index is -0.501. The average Bonchev–Trinajstić information content (AvgIpc) is 2.86. The van der Waals surface area contributed by atoms with E-state index in [1.165, 1.54) is 23.1 Å². The van der Waals surface area contributed by atoms with E-state index in [-0.39, 0.29) is 11.5 Å². The van der Waals surface area contributed by atoms with Crippen LogP contribution in [0.15, 0.2) is 48.2 Å². The van der Waals surface area contributed by atoms with Crippen LogP contribution in [-0.4, -0.2) is 25.2 Å². The number of halogens is 1. The lowest BCUT2D eigenvalue weighted by molar-refractivity contribution is 0.624. The number of hydrogen-bond donors (Lipinski definition) is 0. The maximum Gasteiger partial charge on any atom is 0.226 e. The van der Waals surface area contributed by atoms with E-state index in [9.17, 15) is 4.39 Å². The Labute approximate surface area is 119 Å². The fourth-order valence-corrected chi connectivity index (χ4v) is 1.83. The zero-order valence-corrected chi connectivity index (χ0v) is 10.8. The Hall–Kier alpha value is -3.14. The number of pyridine rings is 1.